The second kappa shape index (κ2) is 5.80. The minimum Gasteiger partial charge on any atom is -0.349 e. The van der Waals surface area contributed by atoms with Gasteiger partial charge in [0.05, 0.1) is 12.5 Å². The number of thiophene rings is 1. The lowest BCUT2D eigenvalue weighted by molar-refractivity contribution is -0.121. The van der Waals surface area contributed by atoms with Gasteiger partial charge in [-0.25, -0.2) is 0 Å². The summed E-state index contributed by atoms with van der Waals surface area (Å²) < 4.78 is 0. The molecule has 1 N–H and O–H groups in total. The zero-order valence-corrected chi connectivity index (χ0v) is 12.1. The van der Waals surface area contributed by atoms with Gasteiger partial charge in [0.2, 0.25) is 5.91 Å². The van der Waals surface area contributed by atoms with Crippen molar-refractivity contribution >= 4 is 29.0 Å². The van der Waals surface area contributed by atoms with Gasteiger partial charge in [-0.3, -0.25) is 4.79 Å². The highest BCUT2D eigenvalue weighted by Gasteiger charge is 2.21. The van der Waals surface area contributed by atoms with E-state index in [1.165, 1.54) is 10.5 Å². The highest BCUT2D eigenvalue weighted by atomic mass is 32.2. The summed E-state index contributed by atoms with van der Waals surface area (Å²) in [6.45, 7) is 0. The van der Waals surface area contributed by atoms with E-state index in [1.807, 2.05) is 35.3 Å². The predicted octanol–water partition coefficient (Wildman–Crippen LogP) is 3.64. The maximum absolute atomic E-state index is 12.1. The second-order valence-electron chi connectivity index (χ2n) is 4.55. The summed E-state index contributed by atoms with van der Waals surface area (Å²) in [4.78, 5) is 14.5. The third kappa shape index (κ3) is 3.01. The lowest BCUT2D eigenvalue weighted by atomic mass is 10.0. The highest BCUT2D eigenvalue weighted by Crippen LogP contribution is 2.35. The molecule has 0 saturated heterocycles. The van der Waals surface area contributed by atoms with E-state index in [0.29, 0.717) is 6.42 Å². The molecule has 19 heavy (non-hydrogen) atoms. The normalized spacial score (nSPS) is 17.8. The van der Waals surface area contributed by atoms with E-state index in [-0.39, 0.29) is 11.9 Å². The third-order valence-corrected chi connectivity index (χ3v) is 5.21. The maximum atomic E-state index is 12.1. The highest BCUT2D eigenvalue weighted by molar-refractivity contribution is 7.99. The van der Waals surface area contributed by atoms with E-state index in [2.05, 4.69) is 23.5 Å². The van der Waals surface area contributed by atoms with Gasteiger partial charge in [0.25, 0.3) is 0 Å². The van der Waals surface area contributed by atoms with Gasteiger partial charge < -0.3 is 5.32 Å². The monoisotopic (exact) mass is 289 g/mol. The molecule has 98 valence electrons. The molecule has 1 aliphatic rings. The number of rotatable bonds is 3. The van der Waals surface area contributed by atoms with E-state index in [9.17, 15) is 4.79 Å². The number of benzene rings is 1. The minimum absolute atomic E-state index is 0.120. The molecule has 0 saturated carbocycles. The number of carbonyl (C=O) groups excluding carboxylic acids is 1. The number of hydrogen-bond donors (Lipinski definition) is 1. The summed E-state index contributed by atoms with van der Waals surface area (Å²) in [5.41, 5.74) is 1.26. The van der Waals surface area contributed by atoms with E-state index >= 15 is 0 Å². The molecule has 0 aliphatic carbocycles. The van der Waals surface area contributed by atoms with Crippen LogP contribution in [0, 0.1) is 0 Å². The van der Waals surface area contributed by atoms with Crippen LogP contribution >= 0.6 is 23.1 Å². The van der Waals surface area contributed by atoms with Crippen LogP contribution in [-0.2, 0) is 11.2 Å². The minimum atomic E-state index is 0.120. The zero-order valence-electron chi connectivity index (χ0n) is 10.5. The van der Waals surface area contributed by atoms with Crippen LogP contribution in [0.25, 0.3) is 0 Å². The average molecular weight is 289 g/mol. The molecular formula is C15H15NOS2. The van der Waals surface area contributed by atoms with E-state index in [4.69, 9.17) is 0 Å². The van der Waals surface area contributed by atoms with Crippen molar-refractivity contribution < 1.29 is 4.79 Å². The molecule has 1 amide bonds. The van der Waals surface area contributed by atoms with Crippen molar-refractivity contribution in [3.8, 4) is 0 Å². The standard InChI is InChI=1S/C15H15NOS2/c17-15(10-11-4-3-8-18-11)16-13-7-9-19-14-6-2-1-5-12(13)14/h1-6,8,13H,7,9-10H2,(H,16,17)/t13-/m1/s1. The number of nitrogens with one attached hydrogen (secondary N) is 1. The Morgan fingerprint density at radius 1 is 1.26 bits per heavy atom. The molecule has 1 atom stereocenters. The third-order valence-electron chi connectivity index (χ3n) is 3.21. The van der Waals surface area contributed by atoms with Gasteiger partial charge in [-0.05, 0) is 29.5 Å². The first-order chi connectivity index (χ1) is 9.33. The Morgan fingerprint density at radius 3 is 3.00 bits per heavy atom. The van der Waals surface area contributed by atoms with Gasteiger partial charge in [-0.15, -0.1) is 23.1 Å². The lowest BCUT2D eigenvalue weighted by Crippen LogP contribution is -2.31. The SMILES string of the molecule is O=C(Cc1cccs1)N[C@@H]1CCSc2ccccc21. The Labute approximate surface area is 121 Å². The van der Waals surface area contributed by atoms with Crippen molar-refractivity contribution in [2.75, 3.05) is 5.75 Å². The lowest BCUT2D eigenvalue weighted by Gasteiger charge is -2.25. The molecule has 0 unspecified atom stereocenters. The summed E-state index contributed by atoms with van der Waals surface area (Å²) in [5.74, 6) is 1.19. The number of amides is 1. The van der Waals surface area contributed by atoms with Crippen molar-refractivity contribution in [1.82, 2.24) is 5.32 Å². The molecule has 3 rings (SSSR count). The molecule has 0 spiro atoms. The molecule has 2 aromatic rings. The molecule has 0 radical (unpaired) electrons. The van der Waals surface area contributed by atoms with Gasteiger partial charge in [0.1, 0.15) is 0 Å². The molecule has 0 bridgehead atoms. The Balaban J connectivity index is 1.69. The molecule has 1 aromatic heterocycles. The maximum Gasteiger partial charge on any atom is 0.225 e. The van der Waals surface area contributed by atoms with Gasteiger partial charge in [0.15, 0.2) is 0 Å². The van der Waals surface area contributed by atoms with Crippen molar-refractivity contribution in [2.45, 2.75) is 23.8 Å². The Morgan fingerprint density at radius 2 is 2.16 bits per heavy atom. The van der Waals surface area contributed by atoms with Gasteiger partial charge in [0, 0.05) is 15.5 Å². The molecule has 2 nitrogen and oxygen atoms in total. The summed E-state index contributed by atoms with van der Waals surface area (Å²) in [6.07, 6.45) is 1.50. The van der Waals surface area contributed by atoms with E-state index in [1.54, 1.807) is 11.3 Å². The number of fused-ring (bicyclic) bond motifs is 1. The molecule has 0 fully saturated rings. The van der Waals surface area contributed by atoms with Crippen molar-refractivity contribution in [2.24, 2.45) is 0 Å². The van der Waals surface area contributed by atoms with E-state index in [0.717, 1.165) is 17.1 Å². The molecule has 1 aromatic carbocycles. The van der Waals surface area contributed by atoms with Crippen LogP contribution in [0.4, 0.5) is 0 Å². The predicted molar refractivity (Wildman–Crippen MR) is 80.7 cm³/mol. The first kappa shape index (κ1) is 12.8. The number of carbonyl (C=O) groups is 1. The van der Waals surface area contributed by atoms with Crippen LogP contribution < -0.4 is 5.32 Å². The first-order valence-electron chi connectivity index (χ1n) is 6.36. The van der Waals surface area contributed by atoms with Crippen LogP contribution in [0.1, 0.15) is 22.9 Å². The van der Waals surface area contributed by atoms with Crippen molar-refractivity contribution in [1.29, 1.82) is 0 Å². The second-order valence-corrected chi connectivity index (χ2v) is 6.72. The fraction of sp³-hybridized carbons (Fsp3) is 0.267. The largest absolute Gasteiger partial charge is 0.349 e. The summed E-state index contributed by atoms with van der Waals surface area (Å²) in [5, 5.41) is 5.18. The quantitative estimate of drug-likeness (QED) is 0.934. The van der Waals surface area contributed by atoms with Crippen LogP contribution in [0.15, 0.2) is 46.7 Å². The molecule has 2 heterocycles. The van der Waals surface area contributed by atoms with Crippen LogP contribution in [0.3, 0.4) is 0 Å². The first-order valence-corrected chi connectivity index (χ1v) is 8.23. The molecule has 4 heteroatoms. The van der Waals surface area contributed by atoms with Gasteiger partial charge in [-0.2, -0.15) is 0 Å². The van der Waals surface area contributed by atoms with Crippen molar-refractivity contribution in [3.63, 3.8) is 0 Å². The van der Waals surface area contributed by atoms with Crippen LogP contribution in [-0.4, -0.2) is 11.7 Å². The van der Waals surface area contributed by atoms with Gasteiger partial charge >= 0.3 is 0 Å². The summed E-state index contributed by atoms with van der Waals surface area (Å²) in [7, 11) is 0. The molecule has 1 aliphatic heterocycles. The van der Waals surface area contributed by atoms with Crippen molar-refractivity contribution in [3.05, 3.63) is 52.2 Å². The number of hydrogen-bond acceptors (Lipinski definition) is 3. The fourth-order valence-electron chi connectivity index (χ4n) is 2.31. The topological polar surface area (TPSA) is 29.1 Å². The van der Waals surface area contributed by atoms with Gasteiger partial charge in [-0.1, -0.05) is 24.3 Å². The van der Waals surface area contributed by atoms with Crippen LogP contribution in [0.5, 0.6) is 0 Å². The van der Waals surface area contributed by atoms with Crippen LogP contribution in [0.2, 0.25) is 0 Å². The summed E-state index contributed by atoms with van der Waals surface area (Å²) in [6, 6.07) is 12.5. The Kier molecular flexibility index (Phi) is 3.89. The fourth-order valence-corrected chi connectivity index (χ4v) is 4.14. The number of thioether (sulfide) groups is 1. The average Bonchev–Trinajstić information content (AvgIpc) is 2.92. The summed E-state index contributed by atoms with van der Waals surface area (Å²) >= 11 is 3.51. The molecular weight excluding hydrogens is 274 g/mol. The Bertz CT molecular complexity index is 565. The van der Waals surface area contributed by atoms with E-state index < -0.39 is 0 Å². The Hall–Kier alpha value is -1.26. The smallest absolute Gasteiger partial charge is 0.225 e. The zero-order chi connectivity index (χ0) is 13.1.